The Labute approximate surface area is 561 Å². The van der Waals surface area contributed by atoms with Gasteiger partial charge in [0.1, 0.15) is 35.4 Å². The number of nitrogens with zero attached hydrogens (tertiary/aromatic N) is 4. The molecule has 3 heterocycles. The van der Waals surface area contributed by atoms with E-state index in [0.29, 0.717) is 252 Å². The molecule has 0 aliphatic rings. The molecule has 0 saturated carbocycles. The Bertz CT molecular complexity index is 2870. The number of aryl methyl sites for hydroxylation is 1. The fourth-order valence-electron chi connectivity index (χ4n) is 8.64. The number of ketones is 1. The van der Waals surface area contributed by atoms with Crippen molar-refractivity contribution in [2.45, 2.75) is 57.7 Å². The van der Waals surface area contributed by atoms with Crippen molar-refractivity contribution < 1.29 is 99.7 Å². The zero-order chi connectivity index (χ0) is 68.3. The molecule has 5 rings (SSSR count). The molecule has 3 atom stereocenters. The third-order valence-electron chi connectivity index (χ3n) is 13.6. The maximum atomic E-state index is 13.0. The predicted molar refractivity (Wildman–Crippen MR) is 352 cm³/mol. The van der Waals surface area contributed by atoms with E-state index in [9.17, 15) is 24.3 Å². The van der Waals surface area contributed by atoms with E-state index in [2.05, 4.69) is 25.7 Å². The SMILES string of the molecule is CC(C)C[C@H](NC(=O)[C@@H](O)[C@H](N)Cc1ccccc1)C(=O)CCCOCCOCCOCCOCCOCCOCCOCCOCCOCCOCCOCCOCCOCCOCCOCCOc1ccc(C(=O)Nc2ccc3oc(-c4ccc(=O)n(C)n4)nc3c2)nc1. The molecule has 0 spiro atoms. The molecule has 0 saturated heterocycles. The van der Waals surface area contributed by atoms with Crippen LogP contribution < -0.4 is 26.7 Å². The van der Waals surface area contributed by atoms with Gasteiger partial charge in [0.25, 0.3) is 17.4 Å². The lowest BCUT2D eigenvalue weighted by molar-refractivity contribution is -0.134. The number of Topliss-reactive ketones (excluding diaryl/α,β-unsaturated/α-hetero) is 1. The average molecular weight is 1360 g/mol. The molecular weight excluding hydrogens is 1250 g/mol. The third-order valence-corrected chi connectivity index (χ3v) is 13.6. The summed E-state index contributed by atoms with van der Waals surface area (Å²) in [5.41, 5.74) is 8.91. The molecule has 96 heavy (non-hydrogen) atoms. The number of anilines is 1. The van der Waals surface area contributed by atoms with Crippen molar-refractivity contribution in [3.05, 3.63) is 101 Å². The van der Waals surface area contributed by atoms with Crippen LogP contribution >= 0.6 is 0 Å². The monoisotopic (exact) mass is 1360 g/mol. The lowest BCUT2D eigenvalue weighted by Gasteiger charge is -2.24. The highest BCUT2D eigenvalue weighted by Crippen LogP contribution is 2.25. The van der Waals surface area contributed by atoms with Gasteiger partial charge in [-0.05, 0) is 67.1 Å². The van der Waals surface area contributed by atoms with Crippen LogP contribution in [0.1, 0.15) is 49.2 Å². The lowest BCUT2D eigenvalue weighted by atomic mass is 9.96. The first-order chi connectivity index (χ1) is 47.0. The first-order valence-electron chi connectivity index (χ1n) is 32.8. The minimum Gasteiger partial charge on any atom is -0.490 e. The molecule has 0 fully saturated rings. The Morgan fingerprint density at radius 2 is 1.01 bits per heavy atom. The molecule has 29 nitrogen and oxygen atoms in total. The number of hydrogen-bond donors (Lipinski definition) is 4. The molecule has 29 heteroatoms. The van der Waals surface area contributed by atoms with Crippen molar-refractivity contribution in [1.29, 1.82) is 0 Å². The van der Waals surface area contributed by atoms with Crippen molar-refractivity contribution in [3.63, 3.8) is 0 Å². The number of pyridine rings is 1. The number of rotatable bonds is 61. The second-order valence-corrected chi connectivity index (χ2v) is 21.8. The number of aromatic nitrogens is 4. The number of carbonyl (C=O) groups excluding carboxylic acids is 3. The minimum absolute atomic E-state index is 0.106. The van der Waals surface area contributed by atoms with Crippen LogP contribution in [-0.4, -0.2) is 265 Å². The van der Waals surface area contributed by atoms with Gasteiger partial charge in [-0.15, -0.1) is 0 Å². The molecule has 0 bridgehead atoms. The van der Waals surface area contributed by atoms with E-state index in [0.717, 1.165) is 5.56 Å². The highest BCUT2D eigenvalue weighted by Gasteiger charge is 2.28. The number of carbonyl (C=O) groups is 3. The van der Waals surface area contributed by atoms with Gasteiger partial charge in [-0.2, -0.15) is 5.10 Å². The van der Waals surface area contributed by atoms with Crippen molar-refractivity contribution >= 4 is 34.4 Å². The summed E-state index contributed by atoms with van der Waals surface area (Å²) in [6.45, 7) is 17.3. The zero-order valence-corrected chi connectivity index (χ0v) is 56.0. The highest BCUT2D eigenvalue weighted by atomic mass is 16.6. The molecule has 0 aliphatic heterocycles. The Hall–Kier alpha value is -6.33. The summed E-state index contributed by atoms with van der Waals surface area (Å²) < 4.78 is 95.9. The molecule has 3 aromatic heterocycles. The molecule has 0 aliphatic carbocycles. The Morgan fingerprint density at radius 3 is 1.44 bits per heavy atom. The number of fused-ring (bicyclic) bond motifs is 1. The summed E-state index contributed by atoms with van der Waals surface area (Å²) in [5.74, 6) is -0.239. The van der Waals surface area contributed by atoms with Gasteiger partial charge in [-0.25, -0.2) is 14.6 Å². The number of oxazole rings is 1. The summed E-state index contributed by atoms with van der Waals surface area (Å²) >= 11 is 0. The number of amides is 2. The molecule has 0 radical (unpaired) electrons. The van der Waals surface area contributed by atoms with Gasteiger partial charge >= 0.3 is 0 Å². The summed E-state index contributed by atoms with van der Waals surface area (Å²) in [4.78, 5) is 59.0. The van der Waals surface area contributed by atoms with Gasteiger partial charge in [0.15, 0.2) is 11.4 Å². The van der Waals surface area contributed by atoms with E-state index in [1.54, 1.807) is 37.4 Å². The topological polar surface area (TPSA) is 343 Å². The molecule has 5 N–H and O–H groups in total. The van der Waals surface area contributed by atoms with Crippen molar-refractivity contribution in [3.8, 4) is 17.3 Å². The molecule has 536 valence electrons. The third kappa shape index (κ3) is 36.9. The van der Waals surface area contributed by atoms with Gasteiger partial charge in [-0.1, -0.05) is 44.2 Å². The van der Waals surface area contributed by atoms with Crippen LogP contribution in [0.15, 0.2) is 88.2 Å². The van der Waals surface area contributed by atoms with E-state index in [1.165, 1.54) is 23.0 Å². The largest absolute Gasteiger partial charge is 0.490 e. The lowest BCUT2D eigenvalue weighted by Crippen LogP contribution is -2.52. The van der Waals surface area contributed by atoms with E-state index in [4.69, 9.17) is 85.9 Å². The second-order valence-electron chi connectivity index (χ2n) is 21.8. The van der Waals surface area contributed by atoms with E-state index < -0.39 is 30.0 Å². The fourth-order valence-corrected chi connectivity index (χ4v) is 8.64. The maximum Gasteiger partial charge on any atom is 0.274 e. The number of aliphatic hydroxyl groups is 1. The Balaban J connectivity index is 0.656. The van der Waals surface area contributed by atoms with Crippen LogP contribution in [0.5, 0.6) is 5.75 Å². The molecular formula is C67H101N7O22. The zero-order valence-electron chi connectivity index (χ0n) is 56.0. The minimum atomic E-state index is -1.43. The first-order valence-corrected chi connectivity index (χ1v) is 32.8. The summed E-state index contributed by atoms with van der Waals surface area (Å²) in [7, 11) is 1.54. The standard InChI is InChI=1S/C67H101N7O22/c1-52(2)48-59(71-66(79)64(77)56(68)49-53-8-5-4-6-9-53)61(75)10-7-17-80-18-19-81-20-21-82-22-23-83-24-25-84-26-27-85-28-29-86-30-31-87-32-33-88-34-35-89-36-37-90-38-39-91-40-41-92-42-43-93-44-45-94-46-47-95-55-12-13-57(69-51-55)65(78)70-54-11-15-62-60(50-54)72-67(96-62)58-14-16-63(76)74(3)73-58/h4-6,8-9,11-16,50-52,56,59,64,77H,7,10,17-49,68H2,1-3H3,(H,70,78)(H,71,79)/t56-,59+,64+/m1/s1. The summed E-state index contributed by atoms with van der Waals surface area (Å²) in [6, 6.07) is 19.1. The summed E-state index contributed by atoms with van der Waals surface area (Å²) in [6.07, 6.45) is 1.58. The van der Waals surface area contributed by atoms with E-state index >= 15 is 0 Å². The maximum absolute atomic E-state index is 13.0. The van der Waals surface area contributed by atoms with Crippen molar-refractivity contribution in [2.75, 3.05) is 210 Å². The van der Waals surface area contributed by atoms with Gasteiger partial charge < -0.3 is 102 Å². The van der Waals surface area contributed by atoms with Crippen LogP contribution in [0, 0.1) is 5.92 Å². The van der Waals surface area contributed by atoms with Crippen LogP contribution in [0.25, 0.3) is 22.7 Å². The first kappa shape index (κ1) is 80.4. The highest BCUT2D eigenvalue weighted by molar-refractivity contribution is 6.03. The van der Waals surface area contributed by atoms with Gasteiger partial charge in [0.05, 0.1) is 204 Å². The quantitative estimate of drug-likeness (QED) is 0.0403. The van der Waals surface area contributed by atoms with Crippen LogP contribution in [-0.2, 0) is 94.1 Å². The van der Waals surface area contributed by atoms with Gasteiger partial charge in [0, 0.05) is 37.9 Å². The molecule has 0 unspecified atom stereocenters. The van der Waals surface area contributed by atoms with Crippen molar-refractivity contribution in [2.24, 2.45) is 18.7 Å². The fraction of sp³-hybridized carbons (Fsp3) is 0.627. The number of nitrogens with two attached hydrogens (primary N) is 1. The van der Waals surface area contributed by atoms with Crippen molar-refractivity contribution in [1.82, 2.24) is 25.1 Å². The normalized spacial score (nSPS) is 12.6. The number of hydrogen-bond acceptors (Lipinski definition) is 26. The van der Waals surface area contributed by atoms with E-state index in [1.807, 2.05) is 44.2 Å². The number of ether oxygens (including phenoxy) is 16. The average Bonchev–Trinajstić information content (AvgIpc) is 1.71. The number of benzene rings is 2. The molecule has 2 amide bonds. The number of nitrogens with one attached hydrogen (secondary N) is 2. The van der Waals surface area contributed by atoms with Gasteiger partial charge in [0.2, 0.25) is 5.89 Å². The van der Waals surface area contributed by atoms with Gasteiger partial charge in [-0.3, -0.25) is 19.2 Å². The van der Waals surface area contributed by atoms with Crippen LogP contribution in [0.4, 0.5) is 5.69 Å². The molecule has 5 aromatic rings. The van der Waals surface area contributed by atoms with Crippen LogP contribution in [0.3, 0.4) is 0 Å². The predicted octanol–water partition coefficient (Wildman–Crippen LogP) is 3.67. The Morgan fingerprint density at radius 1 is 0.562 bits per heavy atom. The Kier molecular flexibility index (Phi) is 43.4. The molecule has 2 aromatic carbocycles. The number of aliphatic hydroxyl groups excluding tert-OH is 1. The summed E-state index contributed by atoms with van der Waals surface area (Å²) in [5, 5.41) is 20.3. The van der Waals surface area contributed by atoms with Crippen LogP contribution in [0.2, 0.25) is 0 Å². The second kappa shape index (κ2) is 51.8. The van der Waals surface area contributed by atoms with E-state index in [-0.39, 0.29) is 35.3 Å². The smallest absolute Gasteiger partial charge is 0.274 e.